The van der Waals surface area contributed by atoms with Gasteiger partial charge in [0.1, 0.15) is 0 Å². The van der Waals surface area contributed by atoms with Gasteiger partial charge in [0.15, 0.2) is 0 Å². The van der Waals surface area contributed by atoms with Crippen LogP contribution >= 0.6 is 23.2 Å². The number of carbonyl (C=O) groups is 1. The smallest absolute Gasteiger partial charge is 0.221 e. The summed E-state index contributed by atoms with van der Waals surface area (Å²) in [5, 5.41) is 3.76. The molecule has 3 nitrogen and oxygen atoms in total. The number of hydrogen-bond donors (Lipinski definition) is 2. The zero-order chi connectivity index (χ0) is 12.1. The zero-order valence-electron chi connectivity index (χ0n) is 8.97. The van der Waals surface area contributed by atoms with E-state index in [4.69, 9.17) is 28.9 Å². The summed E-state index contributed by atoms with van der Waals surface area (Å²) in [5.74, 6) is -0.0916. The first-order valence-corrected chi connectivity index (χ1v) is 5.75. The first kappa shape index (κ1) is 13.3. The summed E-state index contributed by atoms with van der Waals surface area (Å²) in [7, 11) is 0. The first-order valence-electron chi connectivity index (χ1n) is 4.99. The Bertz CT molecular complexity index is 382. The third kappa shape index (κ3) is 3.37. The Morgan fingerprint density at radius 2 is 2.19 bits per heavy atom. The van der Waals surface area contributed by atoms with E-state index in [9.17, 15) is 4.79 Å². The fourth-order valence-corrected chi connectivity index (χ4v) is 1.85. The van der Waals surface area contributed by atoms with Crippen molar-refractivity contribution >= 4 is 29.1 Å². The van der Waals surface area contributed by atoms with Crippen LogP contribution in [0.15, 0.2) is 18.2 Å². The molecule has 0 aliphatic rings. The molecule has 0 spiro atoms. The average molecular weight is 261 g/mol. The third-order valence-corrected chi connectivity index (χ3v) is 3.03. The van der Waals surface area contributed by atoms with E-state index < -0.39 is 0 Å². The maximum absolute atomic E-state index is 11.4. The molecule has 1 atom stereocenters. The minimum atomic E-state index is -0.176. The summed E-state index contributed by atoms with van der Waals surface area (Å²) in [5.41, 5.74) is 6.09. The van der Waals surface area contributed by atoms with Crippen molar-refractivity contribution in [2.75, 3.05) is 6.54 Å². The highest BCUT2D eigenvalue weighted by atomic mass is 35.5. The van der Waals surface area contributed by atoms with Crippen LogP contribution in [-0.4, -0.2) is 12.5 Å². The number of benzene rings is 1. The number of nitrogens with two attached hydrogens (primary N) is 1. The molecule has 0 bridgehead atoms. The van der Waals surface area contributed by atoms with E-state index in [2.05, 4.69) is 5.32 Å². The molecule has 1 amide bonds. The van der Waals surface area contributed by atoms with Crippen LogP contribution in [0.2, 0.25) is 10.0 Å². The van der Waals surface area contributed by atoms with E-state index in [0.717, 1.165) is 5.56 Å². The second-order valence-corrected chi connectivity index (χ2v) is 4.26. The minimum absolute atomic E-state index is 0.0916. The molecular formula is C11H14Cl2N2O. The van der Waals surface area contributed by atoms with Crippen molar-refractivity contribution in [3.63, 3.8) is 0 Å². The van der Waals surface area contributed by atoms with Crippen molar-refractivity contribution < 1.29 is 4.79 Å². The summed E-state index contributed by atoms with van der Waals surface area (Å²) < 4.78 is 0. The van der Waals surface area contributed by atoms with Gasteiger partial charge >= 0.3 is 0 Å². The maximum Gasteiger partial charge on any atom is 0.221 e. The molecule has 1 aromatic carbocycles. The highest BCUT2D eigenvalue weighted by Crippen LogP contribution is 2.29. The molecule has 5 heteroatoms. The van der Waals surface area contributed by atoms with Gasteiger partial charge < -0.3 is 11.1 Å². The maximum atomic E-state index is 11.4. The largest absolute Gasteiger partial charge is 0.349 e. The quantitative estimate of drug-likeness (QED) is 0.874. The van der Waals surface area contributed by atoms with Crippen molar-refractivity contribution in [3.05, 3.63) is 33.8 Å². The highest BCUT2D eigenvalue weighted by Gasteiger charge is 2.13. The van der Waals surface area contributed by atoms with Crippen LogP contribution in [0.4, 0.5) is 0 Å². The van der Waals surface area contributed by atoms with Gasteiger partial charge in [-0.3, -0.25) is 4.79 Å². The lowest BCUT2D eigenvalue weighted by Crippen LogP contribution is -2.28. The number of nitrogens with one attached hydrogen (secondary N) is 1. The van der Waals surface area contributed by atoms with Crippen molar-refractivity contribution in [2.45, 2.75) is 19.4 Å². The van der Waals surface area contributed by atoms with Gasteiger partial charge in [0.25, 0.3) is 0 Å². The van der Waals surface area contributed by atoms with Crippen molar-refractivity contribution in [1.82, 2.24) is 5.32 Å². The van der Waals surface area contributed by atoms with E-state index in [-0.39, 0.29) is 11.9 Å². The Morgan fingerprint density at radius 1 is 1.50 bits per heavy atom. The fraction of sp³-hybridized carbons (Fsp3) is 0.364. The summed E-state index contributed by atoms with van der Waals surface area (Å²) in [6, 6.07) is 5.17. The molecule has 0 saturated carbocycles. The van der Waals surface area contributed by atoms with E-state index in [1.165, 1.54) is 0 Å². The number of halogens is 2. The number of hydrogen-bond acceptors (Lipinski definition) is 2. The van der Waals surface area contributed by atoms with Gasteiger partial charge in [0, 0.05) is 13.0 Å². The Morgan fingerprint density at radius 3 is 2.81 bits per heavy atom. The molecule has 1 unspecified atom stereocenters. The van der Waals surface area contributed by atoms with Crippen molar-refractivity contribution in [2.24, 2.45) is 5.73 Å². The molecule has 0 aliphatic heterocycles. The summed E-state index contributed by atoms with van der Waals surface area (Å²) in [6.45, 7) is 2.19. The van der Waals surface area contributed by atoms with Crippen molar-refractivity contribution in [3.8, 4) is 0 Å². The van der Waals surface area contributed by atoms with Crippen LogP contribution in [0.25, 0.3) is 0 Å². The molecule has 0 heterocycles. The standard InChI is InChI=1S/C11H14Cl2N2O/c1-7(15-10(16)5-6-14)8-3-2-4-9(12)11(8)13/h2-4,7H,5-6,14H2,1H3,(H,15,16). The van der Waals surface area contributed by atoms with Crippen LogP contribution in [-0.2, 0) is 4.79 Å². The molecule has 0 fully saturated rings. The Labute approximate surface area is 105 Å². The van der Waals surface area contributed by atoms with Crippen LogP contribution in [0.1, 0.15) is 24.9 Å². The topological polar surface area (TPSA) is 55.1 Å². The van der Waals surface area contributed by atoms with E-state index in [1.54, 1.807) is 12.1 Å². The van der Waals surface area contributed by atoms with Gasteiger partial charge in [-0.1, -0.05) is 35.3 Å². The second-order valence-electron chi connectivity index (χ2n) is 3.47. The lowest BCUT2D eigenvalue weighted by molar-refractivity contribution is -0.121. The van der Waals surface area contributed by atoms with E-state index >= 15 is 0 Å². The number of amides is 1. The molecular weight excluding hydrogens is 247 g/mol. The Kier molecular flexibility index (Phi) is 5.06. The van der Waals surface area contributed by atoms with Gasteiger partial charge in [0.05, 0.1) is 16.1 Å². The molecule has 0 saturated heterocycles. The van der Waals surface area contributed by atoms with Crippen LogP contribution in [0.3, 0.4) is 0 Å². The summed E-state index contributed by atoms with van der Waals surface area (Å²) in [4.78, 5) is 11.4. The molecule has 0 radical (unpaired) electrons. The minimum Gasteiger partial charge on any atom is -0.349 e. The van der Waals surface area contributed by atoms with Gasteiger partial charge in [0.2, 0.25) is 5.91 Å². The molecule has 0 aromatic heterocycles. The molecule has 88 valence electrons. The monoisotopic (exact) mass is 260 g/mol. The Hall–Kier alpha value is -0.770. The van der Waals surface area contributed by atoms with Gasteiger partial charge in [-0.15, -0.1) is 0 Å². The van der Waals surface area contributed by atoms with Gasteiger partial charge in [-0.05, 0) is 18.6 Å². The van der Waals surface area contributed by atoms with E-state index in [1.807, 2.05) is 13.0 Å². The average Bonchev–Trinajstić information content (AvgIpc) is 2.22. The highest BCUT2D eigenvalue weighted by molar-refractivity contribution is 6.42. The lowest BCUT2D eigenvalue weighted by atomic mass is 10.1. The normalized spacial score (nSPS) is 12.2. The van der Waals surface area contributed by atoms with Crippen LogP contribution < -0.4 is 11.1 Å². The zero-order valence-corrected chi connectivity index (χ0v) is 10.5. The molecule has 16 heavy (non-hydrogen) atoms. The van der Waals surface area contributed by atoms with Gasteiger partial charge in [-0.25, -0.2) is 0 Å². The molecule has 3 N–H and O–H groups in total. The predicted molar refractivity (Wildman–Crippen MR) is 66.7 cm³/mol. The second kappa shape index (κ2) is 6.09. The fourth-order valence-electron chi connectivity index (χ4n) is 1.38. The lowest BCUT2D eigenvalue weighted by Gasteiger charge is -2.16. The Balaban J connectivity index is 2.76. The molecule has 1 rings (SSSR count). The van der Waals surface area contributed by atoms with Gasteiger partial charge in [-0.2, -0.15) is 0 Å². The van der Waals surface area contributed by atoms with E-state index in [0.29, 0.717) is 23.0 Å². The molecule has 1 aromatic rings. The molecule has 0 aliphatic carbocycles. The van der Waals surface area contributed by atoms with Crippen LogP contribution in [0.5, 0.6) is 0 Å². The number of carbonyl (C=O) groups excluding carboxylic acids is 1. The predicted octanol–water partition coefficient (Wildman–Crippen LogP) is 2.52. The third-order valence-electron chi connectivity index (χ3n) is 2.20. The van der Waals surface area contributed by atoms with Crippen LogP contribution in [0, 0.1) is 0 Å². The summed E-state index contributed by atoms with van der Waals surface area (Å²) >= 11 is 11.9. The first-order chi connectivity index (χ1) is 7.56. The summed E-state index contributed by atoms with van der Waals surface area (Å²) in [6.07, 6.45) is 0.308. The number of rotatable bonds is 4. The SMILES string of the molecule is CC(NC(=O)CCN)c1cccc(Cl)c1Cl. The van der Waals surface area contributed by atoms with Crippen molar-refractivity contribution in [1.29, 1.82) is 0 Å².